The maximum atomic E-state index is 14.3. The second-order valence-corrected chi connectivity index (χ2v) is 6.53. The van der Waals surface area contributed by atoms with Crippen molar-refractivity contribution in [3.05, 3.63) is 60.2 Å². The fourth-order valence-corrected chi connectivity index (χ4v) is 3.06. The van der Waals surface area contributed by atoms with E-state index in [9.17, 15) is 9.18 Å². The Morgan fingerprint density at radius 1 is 1.14 bits per heavy atom. The number of rotatable bonds is 5. The Hall–Kier alpha value is -3.55. The summed E-state index contributed by atoms with van der Waals surface area (Å²) >= 11 is 0. The zero-order valence-corrected chi connectivity index (χ0v) is 15.6. The lowest BCUT2D eigenvalue weighted by molar-refractivity contribution is -0.116. The molecule has 0 fully saturated rings. The van der Waals surface area contributed by atoms with Gasteiger partial charge in [0.25, 0.3) is 0 Å². The molecule has 4 rings (SSSR count). The normalized spacial score (nSPS) is 11.1. The van der Waals surface area contributed by atoms with E-state index in [0.29, 0.717) is 17.9 Å². The zero-order valence-electron chi connectivity index (χ0n) is 15.6. The van der Waals surface area contributed by atoms with E-state index >= 15 is 0 Å². The van der Waals surface area contributed by atoms with E-state index < -0.39 is 0 Å². The molecule has 0 aliphatic heterocycles. The first-order valence-corrected chi connectivity index (χ1v) is 8.95. The number of hydrogen-bond donors (Lipinski definition) is 1. The molecule has 2 heterocycles. The molecule has 1 N–H and O–H groups in total. The fraction of sp³-hybridized carbons (Fsp3) is 0.200. The summed E-state index contributed by atoms with van der Waals surface area (Å²) in [7, 11) is 0. The lowest BCUT2D eigenvalue weighted by atomic mass is 10.0. The number of nitrogens with zero attached hydrogens (tertiary/aromatic N) is 5. The molecule has 0 saturated heterocycles. The Morgan fingerprint density at radius 3 is 2.75 bits per heavy atom. The van der Waals surface area contributed by atoms with Crippen molar-refractivity contribution >= 4 is 22.6 Å². The van der Waals surface area contributed by atoms with Crippen molar-refractivity contribution < 1.29 is 9.18 Å². The van der Waals surface area contributed by atoms with Gasteiger partial charge in [0.1, 0.15) is 12.4 Å². The van der Waals surface area contributed by atoms with E-state index in [2.05, 4.69) is 20.6 Å². The van der Waals surface area contributed by atoms with Crippen LogP contribution in [0.4, 0.5) is 10.2 Å². The molecule has 0 aliphatic rings. The van der Waals surface area contributed by atoms with E-state index in [-0.39, 0.29) is 18.3 Å². The Balaban J connectivity index is 1.55. The SMILES string of the molecule is CCn1ncc(NC(=O)Cn2ncc3cc(-c4ccc(C)cc4F)ccc32)n1. The third-order valence-electron chi connectivity index (χ3n) is 4.46. The summed E-state index contributed by atoms with van der Waals surface area (Å²) < 4.78 is 15.9. The maximum Gasteiger partial charge on any atom is 0.247 e. The Kier molecular flexibility index (Phi) is 4.60. The predicted octanol–water partition coefficient (Wildman–Crippen LogP) is 3.40. The molecular weight excluding hydrogens is 359 g/mol. The van der Waals surface area contributed by atoms with Crippen molar-refractivity contribution in [2.45, 2.75) is 26.9 Å². The third-order valence-corrected chi connectivity index (χ3v) is 4.46. The van der Waals surface area contributed by atoms with Crippen LogP contribution in [0.3, 0.4) is 0 Å². The van der Waals surface area contributed by atoms with Gasteiger partial charge in [-0.15, -0.1) is 5.10 Å². The number of amides is 1. The van der Waals surface area contributed by atoms with Crippen LogP contribution in [0.1, 0.15) is 12.5 Å². The Labute approximate surface area is 160 Å². The van der Waals surface area contributed by atoms with Crippen LogP contribution in [0.15, 0.2) is 48.8 Å². The summed E-state index contributed by atoms with van der Waals surface area (Å²) in [6.07, 6.45) is 3.18. The van der Waals surface area contributed by atoms with Crippen LogP contribution < -0.4 is 5.32 Å². The highest BCUT2D eigenvalue weighted by Gasteiger charge is 2.12. The first-order chi connectivity index (χ1) is 13.5. The van der Waals surface area contributed by atoms with Gasteiger partial charge in [0.2, 0.25) is 5.91 Å². The van der Waals surface area contributed by atoms with Crippen LogP contribution in [-0.4, -0.2) is 30.7 Å². The second-order valence-electron chi connectivity index (χ2n) is 6.53. The van der Waals surface area contributed by atoms with Gasteiger partial charge in [-0.1, -0.05) is 18.2 Å². The quantitative estimate of drug-likeness (QED) is 0.577. The van der Waals surface area contributed by atoms with Crippen molar-refractivity contribution in [3.63, 3.8) is 0 Å². The van der Waals surface area contributed by atoms with Crippen LogP contribution in [0.5, 0.6) is 0 Å². The number of benzene rings is 2. The van der Waals surface area contributed by atoms with Gasteiger partial charge in [-0.2, -0.15) is 15.0 Å². The van der Waals surface area contributed by atoms with Gasteiger partial charge in [0.15, 0.2) is 5.82 Å². The van der Waals surface area contributed by atoms with Gasteiger partial charge < -0.3 is 5.32 Å². The lowest BCUT2D eigenvalue weighted by Gasteiger charge is -2.06. The standard InChI is InChI=1S/C20H19FN6O/c1-3-27-23-11-19(25-27)24-20(28)12-26-18-7-5-14(9-15(18)10-22-26)16-6-4-13(2)8-17(16)21/h4-11H,3,12H2,1-2H3,(H,24,25,28). The van der Waals surface area contributed by atoms with E-state index in [1.165, 1.54) is 17.1 Å². The molecule has 0 unspecified atom stereocenters. The van der Waals surface area contributed by atoms with Crippen LogP contribution in [0.2, 0.25) is 0 Å². The first-order valence-electron chi connectivity index (χ1n) is 8.95. The van der Waals surface area contributed by atoms with E-state index in [4.69, 9.17) is 0 Å². The fourth-order valence-electron chi connectivity index (χ4n) is 3.06. The van der Waals surface area contributed by atoms with Gasteiger partial charge in [0.05, 0.1) is 24.5 Å². The minimum atomic E-state index is -0.258. The number of aromatic nitrogens is 5. The van der Waals surface area contributed by atoms with Gasteiger partial charge in [0, 0.05) is 10.9 Å². The average Bonchev–Trinajstić information content (AvgIpc) is 3.28. The highest BCUT2D eigenvalue weighted by molar-refractivity contribution is 5.91. The molecule has 2 aromatic heterocycles. The molecule has 0 radical (unpaired) electrons. The van der Waals surface area contributed by atoms with Crippen LogP contribution in [0, 0.1) is 12.7 Å². The molecule has 2 aromatic carbocycles. The summed E-state index contributed by atoms with van der Waals surface area (Å²) in [4.78, 5) is 13.8. The molecule has 0 spiro atoms. The minimum Gasteiger partial charge on any atom is -0.306 e. The molecular formula is C20H19FN6O. The van der Waals surface area contributed by atoms with Crippen LogP contribution in [0.25, 0.3) is 22.0 Å². The Morgan fingerprint density at radius 2 is 2.00 bits per heavy atom. The summed E-state index contributed by atoms with van der Waals surface area (Å²) in [5.41, 5.74) is 2.98. The Bertz CT molecular complexity index is 1160. The van der Waals surface area contributed by atoms with Gasteiger partial charge in [-0.25, -0.2) is 4.39 Å². The second kappa shape index (κ2) is 7.22. The van der Waals surface area contributed by atoms with Crippen molar-refractivity contribution in [1.29, 1.82) is 0 Å². The lowest BCUT2D eigenvalue weighted by Crippen LogP contribution is -2.19. The highest BCUT2D eigenvalue weighted by atomic mass is 19.1. The highest BCUT2D eigenvalue weighted by Crippen LogP contribution is 2.27. The van der Waals surface area contributed by atoms with Crippen molar-refractivity contribution in [2.24, 2.45) is 0 Å². The average molecular weight is 378 g/mol. The molecule has 7 nitrogen and oxygen atoms in total. The number of carbonyl (C=O) groups excluding carboxylic acids is 1. The summed E-state index contributed by atoms with van der Waals surface area (Å²) in [6.45, 7) is 4.44. The molecule has 0 bridgehead atoms. The molecule has 8 heteroatoms. The predicted molar refractivity (Wildman–Crippen MR) is 104 cm³/mol. The van der Waals surface area contributed by atoms with Gasteiger partial charge >= 0.3 is 0 Å². The number of aryl methyl sites for hydroxylation is 2. The molecule has 4 aromatic rings. The number of carbonyl (C=O) groups is 1. The summed E-state index contributed by atoms with van der Waals surface area (Å²) in [5.74, 6) is -0.103. The van der Waals surface area contributed by atoms with Crippen LogP contribution in [-0.2, 0) is 17.9 Å². The van der Waals surface area contributed by atoms with E-state index in [0.717, 1.165) is 22.0 Å². The zero-order chi connectivity index (χ0) is 19.7. The molecule has 0 saturated carbocycles. The van der Waals surface area contributed by atoms with Crippen LogP contribution >= 0.6 is 0 Å². The van der Waals surface area contributed by atoms with Gasteiger partial charge in [-0.3, -0.25) is 9.48 Å². The largest absolute Gasteiger partial charge is 0.306 e. The number of anilines is 1. The van der Waals surface area contributed by atoms with Gasteiger partial charge in [-0.05, 0) is 43.2 Å². The topological polar surface area (TPSA) is 77.6 Å². The van der Waals surface area contributed by atoms with E-state index in [1.54, 1.807) is 16.9 Å². The number of fused-ring (bicyclic) bond motifs is 1. The number of hydrogen-bond acceptors (Lipinski definition) is 4. The number of nitrogens with one attached hydrogen (secondary N) is 1. The summed E-state index contributed by atoms with van der Waals surface area (Å²) in [5, 5.41) is 16.0. The molecule has 142 valence electrons. The molecule has 0 atom stereocenters. The molecule has 0 aliphatic carbocycles. The van der Waals surface area contributed by atoms with Crippen molar-refractivity contribution in [2.75, 3.05) is 5.32 Å². The van der Waals surface area contributed by atoms with Crippen molar-refractivity contribution in [1.82, 2.24) is 24.8 Å². The van der Waals surface area contributed by atoms with E-state index in [1.807, 2.05) is 38.1 Å². The maximum absolute atomic E-state index is 14.3. The van der Waals surface area contributed by atoms with Crippen molar-refractivity contribution in [3.8, 4) is 11.1 Å². The monoisotopic (exact) mass is 378 g/mol. The smallest absolute Gasteiger partial charge is 0.247 e. The summed E-state index contributed by atoms with van der Waals surface area (Å²) in [6, 6.07) is 10.7. The molecule has 28 heavy (non-hydrogen) atoms. The molecule has 1 amide bonds. The third kappa shape index (κ3) is 3.48. The minimum absolute atomic E-state index is 0.0424. The number of halogens is 1. The first kappa shape index (κ1) is 17.8.